The number of halogens is 1. The Labute approximate surface area is 175 Å². The van der Waals surface area contributed by atoms with Gasteiger partial charge in [-0.05, 0) is 55.2 Å². The van der Waals surface area contributed by atoms with E-state index in [1.807, 2.05) is 25.1 Å². The number of hydrogen-bond acceptors (Lipinski definition) is 4. The maximum absolute atomic E-state index is 11.9. The Hall–Kier alpha value is -2.86. The van der Waals surface area contributed by atoms with E-state index >= 15 is 0 Å². The average Bonchev–Trinajstić information content (AvgIpc) is 2.70. The topological polar surface area (TPSA) is 84.5 Å². The molecule has 0 saturated heterocycles. The molecular weight excluding hydrogens is 392 g/mol. The molecule has 7 heteroatoms. The molecule has 0 aromatic heterocycles. The number of amides is 2. The summed E-state index contributed by atoms with van der Waals surface area (Å²) in [5, 5.41) is 5.97. The maximum atomic E-state index is 11.9. The largest absolute Gasteiger partial charge is 0.456 e. The van der Waals surface area contributed by atoms with Crippen LogP contribution < -0.4 is 10.6 Å². The van der Waals surface area contributed by atoms with Gasteiger partial charge >= 0.3 is 5.97 Å². The molecule has 0 heterocycles. The number of carbonyl (C=O) groups is 3. The Kier molecular flexibility index (Phi) is 8.68. The molecule has 6 nitrogen and oxygen atoms in total. The SMILES string of the molecule is CCc1ccc(NC(=O)COC(=O)CCCC(=O)Nc2ccc(C)c(Cl)c2)cc1. The highest BCUT2D eigenvalue weighted by Gasteiger charge is 2.10. The average molecular weight is 417 g/mol. The van der Waals surface area contributed by atoms with Crippen molar-refractivity contribution >= 4 is 40.8 Å². The first-order valence-corrected chi connectivity index (χ1v) is 9.85. The molecule has 0 aliphatic rings. The van der Waals surface area contributed by atoms with Gasteiger partial charge in [-0.3, -0.25) is 14.4 Å². The lowest BCUT2D eigenvalue weighted by Crippen LogP contribution is -2.21. The van der Waals surface area contributed by atoms with Crippen molar-refractivity contribution in [2.24, 2.45) is 0 Å². The van der Waals surface area contributed by atoms with Gasteiger partial charge in [0.15, 0.2) is 6.61 Å². The van der Waals surface area contributed by atoms with Crippen LogP contribution in [0.1, 0.15) is 37.3 Å². The van der Waals surface area contributed by atoms with Gasteiger partial charge in [0, 0.05) is 29.2 Å². The van der Waals surface area contributed by atoms with Crippen molar-refractivity contribution in [1.29, 1.82) is 0 Å². The van der Waals surface area contributed by atoms with Gasteiger partial charge in [-0.1, -0.05) is 36.7 Å². The second-order valence-electron chi connectivity index (χ2n) is 6.63. The number of aryl methyl sites for hydroxylation is 2. The van der Waals surface area contributed by atoms with E-state index in [1.54, 1.807) is 24.3 Å². The minimum atomic E-state index is -0.521. The van der Waals surface area contributed by atoms with Crippen molar-refractivity contribution in [3.63, 3.8) is 0 Å². The predicted molar refractivity (Wildman–Crippen MR) is 114 cm³/mol. The maximum Gasteiger partial charge on any atom is 0.306 e. The molecule has 0 aliphatic carbocycles. The molecule has 0 radical (unpaired) electrons. The normalized spacial score (nSPS) is 10.3. The minimum Gasteiger partial charge on any atom is -0.456 e. The third-order valence-electron chi connectivity index (χ3n) is 4.25. The van der Waals surface area contributed by atoms with Crippen LogP contribution in [0.4, 0.5) is 11.4 Å². The summed E-state index contributed by atoms with van der Waals surface area (Å²) in [7, 11) is 0. The van der Waals surface area contributed by atoms with Crippen LogP contribution in [0, 0.1) is 6.92 Å². The van der Waals surface area contributed by atoms with Crippen molar-refractivity contribution in [3.8, 4) is 0 Å². The number of benzene rings is 2. The summed E-state index contributed by atoms with van der Waals surface area (Å²) in [6, 6.07) is 12.7. The number of hydrogen-bond donors (Lipinski definition) is 2. The van der Waals surface area contributed by atoms with Crippen LogP contribution in [-0.4, -0.2) is 24.4 Å². The highest BCUT2D eigenvalue weighted by Crippen LogP contribution is 2.20. The van der Waals surface area contributed by atoms with Crippen LogP contribution in [-0.2, 0) is 25.5 Å². The van der Waals surface area contributed by atoms with Crippen molar-refractivity contribution in [3.05, 3.63) is 58.6 Å². The summed E-state index contributed by atoms with van der Waals surface area (Å²) in [4.78, 5) is 35.5. The molecular formula is C22H25ClN2O4. The molecule has 29 heavy (non-hydrogen) atoms. The van der Waals surface area contributed by atoms with E-state index in [1.165, 1.54) is 5.56 Å². The van der Waals surface area contributed by atoms with Crippen LogP contribution in [0.3, 0.4) is 0 Å². The number of esters is 1. The van der Waals surface area contributed by atoms with Crippen LogP contribution >= 0.6 is 11.6 Å². The molecule has 0 fully saturated rings. The fourth-order valence-electron chi connectivity index (χ4n) is 2.53. The fourth-order valence-corrected chi connectivity index (χ4v) is 2.71. The number of nitrogens with one attached hydrogen (secondary N) is 2. The smallest absolute Gasteiger partial charge is 0.306 e. The third-order valence-corrected chi connectivity index (χ3v) is 4.66. The lowest BCUT2D eigenvalue weighted by atomic mass is 10.1. The van der Waals surface area contributed by atoms with E-state index in [0.29, 0.717) is 22.8 Å². The Morgan fingerprint density at radius 3 is 2.24 bits per heavy atom. The first-order valence-electron chi connectivity index (χ1n) is 9.47. The van der Waals surface area contributed by atoms with Crippen LogP contribution in [0.2, 0.25) is 5.02 Å². The Balaban J connectivity index is 1.63. The molecule has 0 atom stereocenters. The number of carbonyl (C=O) groups excluding carboxylic acids is 3. The van der Waals surface area contributed by atoms with Gasteiger partial charge in [-0.15, -0.1) is 0 Å². The Morgan fingerprint density at radius 1 is 0.931 bits per heavy atom. The van der Waals surface area contributed by atoms with Gasteiger partial charge in [0.1, 0.15) is 0 Å². The van der Waals surface area contributed by atoms with Gasteiger partial charge in [0.25, 0.3) is 5.91 Å². The first kappa shape index (κ1) is 22.4. The standard InChI is InChI=1S/C22H25ClN2O4/c1-3-16-8-11-17(12-9-16)24-21(27)14-29-22(28)6-4-5-20(26)25-18-10-7-15(2)19(23)13-18/h7-13H,3-6,14H2,1-2H3,(H,24,27)(H,25,26). The zero-order chi connectivity index (χ0) is 21.2. The van der Waals surface area contributed by atoms with E-state index < -0.39 is 11.9 Å². The monoisotopic (exact) mass is 416 g/mol. The van der Waals surface area contributed by atoms with Crippen LogP contribution in [0.15, 0.2) is 42.5 Å². The molecule has 2 rings (SSSR count). The van der Waals surface area contributed by atoms with Crippen LogP contribution in [0.25, 0.3) is 0 Å². The van der Waals surface area contributed by atoms with Crippen molar-refractivity contribution < 1.29 is 19.1 Å². The van der Waals surface area contributed by atoms with Crippen molar-refractivity contribution in [2.45, 2.75) is 39.5 Å². The molecule has 0 aliphatic heterocycles. The first-order chi connectivity index (χ1) is 13.9. The number of anilines is 2. The number of ether oxygens (including phenoxy) is 1. The molecule has 0 saturated carbocycles. The van der Waals surface area contributed by atoms with Crippen molar-refractivity contribution in [2.75, 3.05) is 17.2 Å². The van der Waals surface area contributed by atoms with E-state index in [9.17, 15) is 14.4 Å². The lowest BCUT2D eigenvalue weighted by molar-refractivity contribution is -0.147. The van der Waals surface area contributed by atoms with Gasteiger partial charge in [-0.2, -0.15) is 0 Å². The van der Waals surface area contributed by atoms with Gasteiger partial charge in [0.05, 0.1) is 0 Å². The summed E-state index contributed by atoms with van der Waals surface area (Å²) in [6.07, 6.45) is 1.46. The summed E-state index contributed by atoms with van der Waals surface area (Å²) >= 11 is 6.02. The molecule has 2 aromatic carbocycles. The summed E-state index contributed by atoms with van der Waals surface area (Å²) < 4.78 is 4.95. The highest BCUT2D eigenvalue weighted by atomic mass is 35.5. The second kappa shape index (κ2) is 11.2. The Bertz CT molecular complexity index is 866. The Morgan fingerprint density at radius 2 is 1.59 bits per heavy atom. The van der Waals surface area contributed by atoms with E-state index in [2.05, 4.69) is 17.6 Å². The summed E-state index contributed by atoms with van der Waals surface area (Å²) in [5.41, 5.74) is 3.35. The molecule has 154 valence electrons. The van der Waals surface area contributed by atoms with E-state index in [-0.39, 0.29) is 25.4 Å². The minimum absolute atomic E-state index is 0.0561. The van der Waals surface area contributed by atoms with Crippen LogP contribution in [0.5, 0.6) is 0 Å². The van der Waals surface area contributed by atoms with Gasteiger partial charge in [0.2, 0.25) is 5.91 Å². The van der Waals surface area contributed by atoms with Gasteiger partial charge in [-0.25, -0.2) is 0 Å². The molecule has 2 N–H and O–H groups in total. The van der Waals surface area contributed by atoms with E-state index in [0.717, 1.165) is 12.0 Å². The lowest BCUT2D eigenvalue weighted by Gasteiger charge is -2.08. The summed E-state index contributed by atoms with van der Waals surface area (Å²) in [5.74, 6) is -1.14. The van der Waals surface area contributed by atoms with E-state index in [4.69, 9.17) is 16.3 Å². The molecule has 0 bridgehead atoms. The molecule has 2 amide bonds. The third kappa shape index (κ3) is 7.95. The number of rotatable bonds is 9. The quantitative estimate of drug-likeness (QED) is 0.589. The van der Waals surface area contributed by atoms with Crippen molar-refractivity contribution in [1.82, 2.24) is 0 Å². The fraction of sp³-hybridized carbons (Fsp3) is 0.318. The predicted octanol–water partition coefficient (Wildman–Crippen LogP) is 4.50. The summed E-state index contributed by atoms with van der Waals surface area (Å²) in [6.45, 7) is 3.57. The molecule has 0 unspecified atom stereocenters. The second-order valence-corrected chi connectivity index (χ2v) is 7.03. The van der Waals surface area contributed by atoms with Gasteiger partial charge < -0.3 is 15.4 Å². The molecule has 2 aromatic rings. The zero-order valence-corrected chi connectivity index (χ0v) is 17.3. The molecule has 0 spiro atoms. The highest BCUT2D eigenvalue weighted by molar-refractivity contribution is 6.31. The zero-order valence-electron chi connectivity index (χ0n) is 16.6.